The van der Waals surface area contributed by atoms with Crippen LogP contribution in [0.2, 0.25) is 0 Å². The largest absolute Gasteiger partial charge is 0.384 e. The van der Waals surface area contributed by atoms with Crippen LogP contribution in [0.3, 0.4) is 0 Å². The molecule has 0 bridgehead atoms. The first-order valence-corrected chi connectivity index (χ1v) is 6.52. The zero-order valence-electron chi connectivity index (χ0n) is 11.8. The topological polar surface area (TPSA) is 76.1 Å². The Hall–Kier alpha value is -1.69. The normalized spacial score (nSPS) is 11.9. The van der Waals surface area contributed by atoms with Crippen LogP contribution in [0.5, 0.6) is 0 Å². The predicted octanol–water partition coefficient (Wildman–Crippen LogP) is 1.31. The van der Waals surface area contributed by atoms with Crippen LogP contribution in [0.4, 0.5) is 5.82 Å². The van der Waals surface area contributed by atoms with Crippen LogP contribution >= 0.6 is 0 Å². The maximum atomic E-state index is 11.8. The summed E-state index contributed by atoms with van der Waals surface area (Å²) in [4.78, 5) is 11.8. The van der Waals surface area contributed by atoms with Gasteiger partial charge < -0.3 is 15.4 Å². The summed E-state index contributed by atoms with van der Waals surface area (Å²) in [6.07, 6.45) is 1.02. The summed E-state index contributed by atoms with van der Waals surface area (Å²) in [6.45, 7) is 6.10. The van der Waals surface area contributed by atoms with Gasteiger partial charge in [0.1, 0.15) is 5.82 Å². The maximum Gasteiger partial charge on any atom is 0.271 e. The lowest BCUT2D eigenvalue weighted by atomic mass is 10.2. The molecule has 0 aromatic carbocycles. The minimum absolute atomic E-state index is 0.211. The van der Waals surface area contributed by atoms with Gasteiger partial charge in [0.15, 0.2) is 5.69 Å². The average molecular weight is 266 g/mol. The van der Waals surface area contributed by atoms with Crippen molar-refractivity contribution in [2.75, 3.05) is 32.1 Å². The lowest BCUT2D eigenvalue weighted by molar-refractivity contribution is 0.0928. The van der Waals surface area contributed by atoms with Gasteiger partial charge >= 0.3 is 0 Å². The highest BCUT2D eigenvalue weighted by Crippen LogP contribution is 2.02. The van der Waals surface area contributed by atoms with Crippen molar-refractivity contribution in [1.29, 1.82) is 0 Å². The number of nitrogens with zero attached hydrogens (tertiary/aromatic N) is 2. The first kappa shape index (κ1) is 15.4. The van der Waals surface area contributed by atoms with Crippen LogP contribution in [0.15, 0.2) is 12.1 Å². The minimum Gasteiger partial charge on any atom is -0.384 e. The quantitative estimate of drug-likeness (QED) is 0.742. The van der Waals surface area contributed by atoms with Gasteiger partial charge in [0.2, 0.25) is 0 Å². The molecule has 2 N–H and O–H groups in total. The van der Waals surface area contributed by atoms with Gasteiger partial charge in [-0.15, -0.1) is 10.2 Å². The minimum atomic E-state index is -0.211. The predicted molar refractivity (Wildman–Crippen MR) is 74.2 cm³/mol. The van der Waals surface area contributed by atoms with E-state index in [-0.39, 0.29) is 11.8 Å². The van der Waals surface area contributed by atoms with E-state index in [1.54, 1.807) is 19.2 Å². The van der Waals surface area contributed by atoms with Crippen LogP contribution in [-0.2, 0) is 4.74 Å². The fraction of sp³-hybridized carbons (Fsp3) is 0.615. The van der Waals surface area contributed by atoms with Gasteiger partial charge in [0, 0.05) is 20.2 Å². The first-order valence-electron chi connectivity index (χ1n) is 6.52. The number of methoxy groups -OCH3 is 1. The Balaban J connectivity index is 2.44. The number of anilines is 1. The van der Waals surface area contributed by atoms with Crippen molar-refractivity contribution in [3.63, 3.8) is 0 Å². The Morgan fingerprint density at radius 3 is 2.79 bits per heavy atom. The van der Waals surface area contributed by atoms with E-state index >= 15 is 0 Å². The standard InChI is InChI=1S/C13H22N4O2/c1-4-7-14-12-6-5-11(16-17-12)13(18)15-8-10(2)9-19-3/h5-6,10H,4,7-9H2,1-3H3,(H,14,17)(H,15,18). The van der Waals surface area contributed by atoms with E-state index in [9.17, 15) is 4.79 Å². The molecule has 6 nitrogen and oxygen atoms in total. The molecule has 6 heteroatoms. The zero-order valence-corrected chi connectivity index (χ0v) is 11.8. The van der Waals surface area contributed by atoms with Crippen LogP contribution in [0, 0.1) is 5.92 Å². The van der Waals surface area contributed by atoms with E-state index in [2.05, 4.69) is 27.8 Å². The molecule has 1 unspecified atom stereocenters. The third-order valence-corrected chi connectivity index (χ3v) is 2.52. The highest BCUT2D eigenvalue weighted by Gasteiger charge is 2.09. The molecule has 1 atom stereocenters. The van der Waals surface area contributed by atoms with Gasteiger partial charge in [-0.3, -0.25) is 4.79 Å². The third-order valence-electron chi connectivity index (χ3n) is 2.52. The number of hydrogen-bond acceptors (Lipinski definition) is 5. The van der Waals surface area contributed by atoms with Crippen molar-refractivity contribution in [3.05, 3.63) is 17.8 Å². The summed E-state index contributed by atoms with van der Waals surface area (Å²) in [5, 5.41) is 13.8. The monoisotopic (exact) mass is 266 g/mol. The summed E-state index contributed by atoms with van der Waals surface area (Å²) in [7, 11) is 1.64. The number of ether oxygens (including phenoxy) is 1. The van der Waals surface area contributed by atoms with Gasteiger partial charge in [-0.1, -0.05) is 13.8 Å². The average Bonchev–Trinajstić information content (AvgIpc) is 2.43. The van der Waals surface area contributed by atoms with E-state index in [0.29, 0.717) is 24.7 Å². The summed E-state index contributed by atoms with van der Waals surface area (Å²) in [6, 6.07) is 3.43. The highest BCUT2D eigenvalue weighted by atomic mass is 16.5. The Kier molecular flexibility index (Phi) is 6.81. The van der Waals surface area contributed by atoms with Gasteiger partial charge in [0.05, 0.1) is 6.61 Å². The molecule has 0 radical (unpaired) electrons. The fourth-order valence-corrected chi connectivity index (χ4v) is 1.50. The SMILES string of the molecule is CCCNc1ccc(C(=O)NCC(C)COC)nn1. The van der Waals surface area contributed by atoms with Gasteiger partial charge in [-0.05, 0) is 24.5 Å². The lowest BCUT2D eigenvalue weighted by Crippen LogP contribution is -2.30. The van der Waals surface area contributed by atoms with Crippen LogP contribution < -0.4 is 10.6 Å². The number of rotatable bonds is 8. The fourth-order valence-electron chi connectivity index (χ4n) is 1.50. The summed E-state index contributed by atoms with van der Waals surface area (Å²) < 4.78 is 5.01. The Morgan fingerprint density at radius 2 is 2.21 bits per heavy atom. The molecule has 106 valence electrons. The molecule has 0 spiro atoms. The Bertz CT molecular complexity index is 381. The molecule has 1 aromatic heterocycles. The summed E-state index contributed by atoms with van der Waals surface area (Å²) in [5.41, 5.74) is 0.326. The molecule has 1 heterocycles. The lowest BCUT2D eigenvalue weighted by Gasteiger charge is -2.11. The van der Waals surface area contributed by atoms with Gasteiger partial charge in [-0.25, -0.2) is 0 Å². The van der Waals surface area contributed by atoms with E-state index in [4.69, 9.17) is 4.74 Å². The molecule has 0 aliphatic rings. The van der Waals surface area contributed by atoms with E-state index in [0.717, 1.165) is 13.0 Å². The van der Waals surface area contributed by atoms with E-state index < -0.39 is 0 Å². The number of nitrogens with one attached hydrogen (secondary N) is 2. The summed E-state index contributed by atoms with van der Waals surface area (Å²) >= 11 is 0. The molecule has 1 aromatic rings. The van der Waals surface area contributed by atoms with Crippen molar-refractivity contribution in [2.45, 2.75) is 20.3 Å². The molecule has 0 saturated heterocycles. The Morgan fingerprint density at radius 1 is 1.42 bits per heavy atom. The van der Waals surface area contributed by atoms with Crippen molar-refractivity contribution < 1.29 is 9.53 Å². The second-order valence-electron chi connectivity index (χ2n) is 4.50. The molecule has 1 amide bonds. The maximum absolute atomic E-state index is 11.8. The number of carbonyl (C=O) groups excluding carboxylic acids is 1. The number of hydrogen-bond donors (Lipinski definition) is 2. The Labute approximate surface area is 113 Å². The van der Waals surface area contributed by atoms with Crippen molar-refractivity contribution in [2.24, 2.45) is 5.92 Å². The molecular weight excluding hydrogens is 244 g/mol. The third kappa shape index (κ3) is 5.65. The van der Waals surface area contributed by atoms with Crippen molar-refractivity contribution in [3.8, 4) is 0 Å². The van der Waals surface area contributed by atoms with Gasteiger partial charge in [-0.2, -0.15) is 0 Å². The number of carbonyl (C=O) groups is 1. The molecular formula is C13H22N4O2. The molecule has 0 saturated carbocycles. The zero-order chi connectivity index (χ0) is 14.1. The van der Waals surface area contributed by atoms with Crippen LogP contribution in [0.1, 0.15) is 30.8 Å². The number of amides is 1. The smallest absolute Gasteiger partial charge is 0.271 e. The van der Waals surface area contributed by atoms with E-state index in [1.807, 2.05) is 6.92 Å². The van der Waals surface area contributed by atoms with Crippen molar-refractivity contribution >= 4 is 11.7 Å². The second-order valence-corrected chi connectivity index (χ2v) is 4.50. The molecule has 0 fully saturated rings. The highest BCUT2D eigenvalue weighted by molar-refractivity contribution is 5.92. The molecule has 19 heavy (non-hydrogen) atoms. The number of aromatic nitrogens is 2. The second kappa shape index (κ2) is 8.42. The van der Waals surface area contributed by atoms with Crippen LogP contribution in [-0.4, -0.2) is 42.9 Å². The molecule has 0 aliphatic heterocycles. The molecule has 0 aliphatic carbocycles. The van der Waals surface area contributed by atoms with Crippen LogP contribution in [0.25, 0.3) is 0 Å². The van der Waals surface area contributed by atoms with Crippen molar-refractivity contribution in [1.82, 2.24) is 15.5 Å². The van der Waals surface area contributed by atoms with E-state index in [1.165, 1.54) is 0 Å². The molecule has 1 rings (SSSR count). The van der Waals surface area contributed by atoms with Gasteiger partial charge in [0.25, 0.3) is 5.91 Å². The first-order chi connectivity index (χ1) is 9.17. The summed E-state index contributed by atoms with van der Waals surface area (Å²) in [5.74, 6) is 0.746.